The summed E-state index contributed by atoms with van der Waals surface area (Å²) in [6, 6.07) is 8.00. The number of carboxylic acid groups (broad SMARTS) is 1. The largest absolute Gasteiger partial charge is 0.480 e. The van der Waals surface area contributed by atoms with Crippen LogP contribution in [0.5, 0.6) is 0 Å². The second-order valence-corrected chi connectivity index (χ2v) is 3.82. The highest BCUT2D eigenvalue weighted by molar-refractivity contribution is 7.23. The van der Waals surface area contributed by atoms with Crippen LogP contribution in [0.15, 0.2) is 30.3 Å². The van der Waals surface area contributed by atoms with Crippen molar-refractivity contribution in [2.75, 3.05) is 6.16 Å². The number of carbonyl (C=O) groups is 1. The molecule has 80 valence electrons. The molecule has 0 fully saturated rings. The lowest BCUT2D eigenvalue weighted by atomic mass is 9.94. The SMILES string of the molecule is N[C@H](C(=O)O)C(CP=O)c1ccccc1. The van der Waals surface area contributed by atoms with Gasteiger partial charge in [0.05, 0.1) is 0 Å². The highest BCUT2D eigenvalue weighted by Gasteiger charge is 2.25. The molecule has 0 spiro atoms. The molecular formula is C10H12NO3P. The van der Waals surface area contributed by atoms with Crippen LogP contribution in [0.1, 0.15) is 11.5 Å². The Labute approximate surface area is 89.3 Å². The Bertz CT molecular complexity index is 342. The van der Waals surface area contributed by atoms with E-state index in [1.165, 1.54) is 0 Å². The zero-order valence-corrected chi connectivity index (χ0v) is 8.93. The number of nitrogens with two attached hydrogens (primary N) is 1. The molecule has 2 atom stereocenters. The molecule has 1 aromatic carbocycles. The lowest BCUT2D eigenvalue weighted by Gasteiger charge is -2.18. The summed E-state index contributed by atoms with van der Waals surface area (Å²) in [5.41, 5.74) is 6.34. The van der Waals surface area contributed by atoms with E-state index in [4.69, 9.17) is 10.8 Å². The van der Waals surface area contributed by atoms with Crippen molar-refractivity contribution in [2.45, 2.75) is 12.0 Å². The lowest BCUT2D eigenvalue weighted by molar-refractivity contribution is -0.138. The molecule has 0 aliphatic rings. The van der Waals surface area contributed by atoms with Gasteiger partial charge in [0.1, 0.15) is 6.04 Å². The molecule has 0 heterocycles. The maximum Gasteiger partial charge on any atom is 0.321 e. The number of hydrogen-bond donors (Lipinski definition) is 2. The molecule has 3 N–H and O–H groups in total. The van der Waals surface area contributed by atoms with Gasteiger partial charge in [-0.05, 0) is 5.56 Å². The summed E-state index contributed by atoms with van der Waals surface area (Å²) in [5, 5.41) is 8.81. The van der Waals surface area contributed by atoms with E-state index in [0.29, 0.717) is 0 Å². The molecular weight excluding hydrogens is 213 g/mol. The fraction of sp³-hybridized carbons (Fsp3) is 0.300. The molecule has 0 radical (unpaired) electrons. The number of rotatable bonds is 5. The van der Waals surface area contributed by atoms with E-state index in [-0.39, 0.29) is 14.6 Å². The van der Waals surface area contributed by atoms with E-state index in [1.54, 1.807) is 24.3 Å². The van der Waals surface area contributed by atoms with E-state index in [9.17, 15) is 9.36 Å². The van der Waals surface area contributed by atoms with Gasteiger partial charge in [0.25, 0.3) is 0 Å². The summed E-state index contributed by atoms with van der Waals surface area (Å²) < 4.78 is 10.6. The second kappa shape index (κ2) is 5.59. The Morgan fingerprint density at radius 1 is 1.40 bits per heavy atom. The lowest BCUT2D eigenvalue weighted by Crippen LogP contribution is -2.37. The highest BCUT2D eigenvalue weighted by Crippen LogP contribution is 2.22. The van der Waals surface area contributed by atoms with Gasteiger partial charge >= 0.3 is 5.97 Å². The van der Waals surface area contributed by atoms with E-state index in [1.807, 2.05) is 6.07 Å². The number of aliphatic carboxylic acids is 1. The predicted octanol–water partition coefficient (Wildman–Crippen LogP) is 1.47. The third-order valence-corrected chi connectivity index (χ3v) is 2.76. The number of benzene rings is 1. The van der Waals surface area contributed by atoms with Crippen LogP contribution in [0.2, 0.25) is 0 Å². The monoisotopic (exact) mass is 225 g/mol. The maximum absolute atomic E-state index is 10.8. The first kappa shape index (κ1) is 11.8. The normalized spacial score (nSPS) is 14.7. The van der Waals surface area contributed by atoms with Crippen molar-refractivity contribution < 1.29 is 14.5 Å². The average Bonchev–Trinajstić information content (AvgIpc) is 2.26. The van der Waals surface area contributed by atoms with Crippen molar-refractivity contribution in [1.82, 2.24) is 0 Å². The van der Waals surface area contributed by atoms with Gasteiger partial charge in [0, 0.05) is 12.1 Å². The van der Waals surface area contributed by atoms with E-state index in [0.717, 1.165) is 5.56 Å². The summed E-state index contributed by atoms with van der Waals surface area (Å²) in [6.45, 7) is 0. The van der Waals surface area contributed by atoms with E-state index >= 15 is 0 Å². The number of hydrogen-bond acceptors (Lipinski definition) is 3. The van der Waals surface area contributed by atoms with Crippen molar-refractivity contribution in [3.8, 4) is 0 Å². The summed E-state index contributed by atoms with van der Waals surface area (Å²) in [6.07, 6.45) is 0.220. The Kier molecular flexibility index (Phi) is 4.40. The molecule has 5 heteroatoms. The van der Waals surface area contributed by atoms with Crippen LogP contribution >= 0.6 is 8.46 Å². The van der Waals surface area contributed by atoms with Gasteiger partial charge in [-0.2, -0.15) is 0 Å². The molecule has 0 aromatic heterocycles. The molecule has 4 nitrogen and oxygen atoms in total. The zero-order chi connectivity index (χ0) is 11.3. The van der Waals surface area contributed by atoms with Crippen molar-refractivity contribution >= 4 is 14.4 Å². The van der Waals surface area contributed by atoms with Gasteiger partial charge in [-0.3, -0.25) is 9.36 Å². The van der Waals surface area contributed by atoms with Gasteiger partial charge in [-0.15, -0.1) is 0 Å². The smallest absolute Gasteiger partial charge is 0.321 e. The topological polar surface area (TPSA) is 80.4 Å². The van der Waals surface area contributed by atoms with Gasteiger partial charge < -0.3 is 10.8 Å². The first-order chi connectivity index (χ1) is 7.16. The van der Waals surface area contributed by atoms with Gasteiger partial charge in [0.2, 0.25) is 0 Å². The molecule has 1 rings (SSSR count). The van der Waals surface area contributed by atoms with Crippen LogP contribution in [0.3, 0.4) is 0 Å². The quantitative estimate of drug-likeness (QED) is 0.743. The third-order valence-electron chi connectivity index (χ3n) is 2.22. The Morgan fingerprint density at radius 3 is 2.47 bits per heavy atom. The molecule has 15 heavy (non-hydrogen) atoms. The summed E-state index contributed by atoms with van der Waals surface area (Å²) in [5.74, 6) is -1.49. The first-order valence-electron chi connectivity index (χ1n) is 4.49. The van der Waals surface area contributed by atoms with Crippen molar-refractivity contribution in [3.63, 3.8) is 0 Å². The molecule has 0 amide bonds. The minimum absolute atomic E-state index is 0.0936. The Balaban J connectivity index is 2.92. The molecule has 0 saturated carbocycles. The highest BCUT2D eigenvalue weighted by atomic mass is 31.1. The average molecular weight is 225 g/mol. The third kappa shape index (κ3) is 3.11. The summed E-state index contributed by atoms with van der Waals surface area (Å²) in [4.78, 5) is 10.8. The number of carboxylic acids is 1. The second-order valence-electron chi connectivity index (χ2n) is 3.19. The predicted molar refractivity (Wildman–Crippen MR) is 57.3 cm³/mol. The fourth-order valence-electron chi connectivity index (χ4n) is 1.38. The van der Waals surface area contributed by atoms with Crippen molar-refractivity contribution in [2.24, 2.45) is 5.73 Å². The standard InChI is InChI=1S/C10H12NO3P/c11-9(10(12)13)8(6-15-14)7-4-2-1-3-5-7/h1-5,8-9H,6,11H2,(H,12,13)/t8?,9-/m0/s1. The first-order valence-corrected chi connectivity index (χ1v) is 5.49. The van der Waals surface area contributed by atoms with Crippen LogP contribution < -0.4 is 5.73 Å². The van der Waals surface area contributed by atoms with Crippen LogP contribution in [-0.2, 0) is 9.36 Å². The van der Waals surface area contributed by atoms with Crippen LogP contribution in [0.4, 0.5) is 0 Å². The molecule has 0 aliphatic heterocycles. The van der Waals surface area contributed by atoms with Crippen LogP contribution in [0.25, 0.3) is 0 Å². The fourth-order valence-corrected chi connectivity index (χ4v) is 1.98. The zero-order valence-electron chi connectivity index (χ0n) is 8.04. The maximum atomic E-state index is 10.8. The van der Waals surface area contributed by atoms with Crippen LogP contribution in [0, 0.1) is 0 Å². The van der Waals surface area contributed by atoms with Gasteiger partial charge in [-0.1, -0.05) is 30.3 Å². The molecule has 0 aliphatic carbocycles. The van der Waals surface area contributed by atoms with E-state index in [2.05, 4.69) is 0 Å². The minimum atomic E-state index is -1.08. The minimum Gasteiger partial charge on any atom is -0.480 e. The molecule has 1 aromatic rings. The van der Waals surface area contributed by atoms with Crippen molar-refractivity contribution in [3.05, 3.63) is 35.9 Å². The van der Waals surface area contributed by atoms with Gasteiger partial charge in [-0.25, -0.2) is 0 Å². The van der Waals surface area contributed by atoms with E-state index < -0.39 is 17.9 Å². The summed E-state index contributed by atoms with van der Waals surface area (Å²) >= 11 is 0. The molecule has 1 unspecified atom stereocenters. The van der Waals surface area contributed by atoms with Crippen molar-refractivity contribution in [1.29, 1.82) is 0 Å². The molecule has 0 bridgehead atoms. The molecule has 0 saturated heterocycles. The van der Waals surface area contributed by atoms with Gasteiger partial charge in [0.15, 0.2) is 8.46 Å². The summed E-state index contributed by atoms with van der Waals surface area (Å²) in [7, 11) is -0.0936. The Hall–Kier alpha value is -1.25. The van der Waals surface area contributed by atoms with Crippen LogP contribution in [-0.4, -0.2) is 23.3 Å². The Morgan fingerprint density at radius 2 is 2.00 bits per heavy atom.